The van der Waals surface area contributed by atoms with Crippen molar-refractivity contribution in [2.75, 3.05) is 13.9 Å². The smallest absolute Gasteiger partial charge is 0.387 e. The molecule has 2 aromatic rings. The van der Waals surface area contributed by atoms with Gasteiger partial charge in [-0.05, 0) is 42.0 Å². The van der Waals surface area contributed by atoms with Crippen molar-refractivity contribution >= 4 is 11.9 Å². The molecule has 0 saturated heterocycles. The van der Waals surface area contributed by atoms with Gasteiger partial charge in [0.15, 0.2) is 28.8 Å². The highest BCUT2D eigenvalue weighted by atomic mass is 19.3. The van der Waals surface area contributed by atoms with E-state index in [9.17, 15) is 13.6 Å². The molecule has 1 heterocycles. The van der Waals surface area contributed by atoms with Gasteiger partial charge in [-0.1, -0.05) is 12.1 Å². The van der Waals surface area contributed by atoms with Crippen molar-refractivity contribution in [2.24, 2.45) is 0 Å². The fraction of sp³-hybridized carbons (Fsp3) is 0.167. The van der Waals surface area contributed by atoms with Gasteiger partial charge in [0, 0.05) is 5.56 Å². The molecule has 5 nitrogen and oxygen atoms in total. The molecule has 0 N–H and O–H groups in total. The molecule has 0 aliphatic carbocycles. The Balaban J connectivity index is 1.76. The Morgan fingerprint density at radius 1 is 1.12 bits per heavy atom. The normalized spacial score (nSPS) is 12.6. The maximum Gasteiger partial charge on any atom is 0.387 e. The summed E-state index contributed by atoms with van der Waals surface area (Å²) in [4.78, 5) is 12.2. The zero-order chi connectivity index (χ0) is 17.8. The molecular weight excluding hydrogens is 334 g/mol. The largest absolute Gasteiger partial charge is 0.493 e. The summed E-state index contributed by atoms with van der Waals surface area (Å²) in [6.07, 6.45) is 2.93. The van der Waals surface area contributed by atoms with Crippen LogP contribution in [0.25, 0.3) is 6.08 Å². The molecule has 0 spiro atoms. The quantitative estimate of drug-likeness (QED) is 0.585. The van der Waals surface area contributed by atoms with Crippen molar-refractivity contribution in [2.45, 2.75) is 6.61 Å². The number of hydrogen-bond acceptors (Lipinski definition) is 5. The van der Waals surface area contributed by atoms with E-state index in [1.54, 1.807) is 30.3 Å². The first-order valence-corrected chi connectivity index (χ1v) is 7.32. The Hall–Kier alpha value is -3.09. The van der Waals surface area contributed by atoms with E-state index in [1.165, 1.54) is 25.3 Å². The molecular formula is C18H14F2O5. The van der Waals surface area contributed by atoms with Crippen LogP contribution in [-0.2, 0) is 0 Å². The van der Waals surface area contributed by atoms with Crippen LogP contribution < -0.4 is 18.9 Å². The molecule has 0 fully saturated rings. The van der Waals surface area contributed by atoms with E-state index in [1.807, 2.05) is 0 Å². The molecule has 0 saturated carbocycles. The van der Waals surface area contributed by atoms with Gasteiger partial charge in [0.2, 0.25) is 6.79 Å². The first-order chi connectivity index (χ1) is 12.1. The van der Waals surface area contributed by atoms with Crippen molar-refractivity contribution in [3.63, 3.8) is 0 Å². The number of allylic oxidation sites excluding steroid dienone is 1. The second-order valence-electron chi connectivity index (χ2n) is 5.05. The van der Waals surface area contributed by atoms with E-state index in [2.05, 4.69) is 4.74 Å². The summed E-state index contributed by atoms with van der Waals surface area (Å²) in [5.74, 6) is 0.967. The number of carbonyl (C=O) groups excluding carboxylic acids is 1. The molecule has 1 aliphatic heterocycles. The monoisotopic (exact) mass is 348 g/mol. The average molecular weight is 348 g/mol. The molecule has 0 bridgehead atoms. The highest BCUT2D eigenvalue weighted by molar-refractivity contribution is 6.07. The second kappa shape index (κ2) is 7.21. The van der Waals surface area contributed by atoms with Crippen LogP contribution in [0.3, 0.4) is 0 Å². The molecule has 0 aromatic heterocycles. The average Bonchev–Trinajstić information content (AvgIpc) is 3.07. The first-order valence-electron chi connectivity index (χ1n) is 7.32. The van der Waals surface area contributed by atoms with Gasteiger partial charge in [-0.3, -0.25) is 4.79 Å². The lowest BCUT2D eigenvalue weighted by Crippen LogP contribution is -2.03. The molecule has 0 radical (unpaired) electrons. The predicted octanol–water partition coefficient (Wildman–Crippen LogP) is 3.92. The number of carbonyl (C=O) groups is 1. The molecule has 0 amide bonds. The van der Waals surface area contributed by atoms with Gasteiger partial charge >= 0.3 is 6.61 Å². The van der Waals surface area contributed by atoms with Crippen LogP contribution in [0.4, 0.5) is 8.78 Å². The number of fused-ring (bicyclic) bond motifs is 1. The standard InChI is InChI=1S/C18H14F2O5/c1-22-16-8-11(3-6-15(16)25-18(19)20)2-5-13(21)12-4-7-14-17(9-12)24-10-23-14/h2-9,18H,10H2,1H3/b5-2+. The lowest BCUT2D eigenvalue weighted by Gasteiger charge is -2.10. The number of ether oxygens (including phenoxy) is 4. The van der Waals surface area contributed by atoms with Crippen LogP contribution in [0, 0.1) is 0 Å². The highest BCUT2D eigenvalue weighted by Crippen LogP contribution is 2.33. The Labute approximate surface area is 142 Å². The van der Waals surface area contributed by atoms with Crippen LogP contribution >= 0.6 is 0 Å². The van der Waals surface area contributed by atoms with Crippen LogP contribution in [0.5, 0.6) is 23.0 Å². The fourth-order valence-electron chi connectivity index (χ4n) is 2.30. The van der Waals surface area contributed by atoms with Crippen LogP contribution in [0.15, 0.2) is 42.5 Å². The molecule has 0 atom stereocenters. The third kappa shape index (κ3) is 3.88. The Bertz CT molecular complexity index is 817. The third-order valence-corrected chi connectivity index (χ3v) is 3.49. The number of benzene rings is 2. The van der Waals surface area contributed by atoms with Crippen molar-refractivity contribution in [3.05, 3.63) is 53.6 Å². The minimum absolute atomic E-state index is 0.0725. The van der Waals surface area contributed by atoms with Crippen molar-refractivity contribution in [1.29, 1.82) is 0 Å². The molecule has 7 heteroatoms. The zero-order valence-corrected chi connectivity index (χ0v) is 13.2. The Kier molecular flexibility index (Phi) is 4.83. The summed E-state index contributed by atoms with van der Waals surface area (Å²) in [5, 5.41) is 0. The number of hydrogen-bond donors (Lipinski definition) is 0. The van der Waals surface area contributed by atoms with E-state index < -0.39 is 6.61 Å². The number of methoxy groups -OCH3 is 1. The lowest BCUT2D eigenvalue weighted by atomic mass is 10.1. The molecule has 3 rings (SSSR count). The minimum atomic E-state index is -2.94. The summed E-state index contributed by atoms with van der Waals surface area (Å²) < 4.78 is 44.4. The van der Waals surface area contributed by atoms with Gasteiger partial charge in [0.05, 0.1) is 7.11 Å². The van der Waals surface area contributed by atoms with E-state index in [0.29, 0.717) is 22.6 Å². The first kappa shape index (κ1) is 16.8. The summed E-state index contributed by atoms with van der Waals surface area (Å²) in [6.45, 7) is -2.81. The van der Waals surface area contributed by atoms with Gasteiger partial charge in [0.25, 0.3) is 0 Å². The van der Waals surface area contributed by atoms with Gasteiger partial charge in [0.1, 0.15) is 0 Å². The molecule has 1 aliphatic rings. The van der Waals surface area contributed by atoms with E-state index in [0.717, 1.165) is 0 Å². The number of rotatable bonds is 6. The van der Waals surface area contributed by atoms with E-state index >= 15 is 0 Å². The summed E-state index contributed by atoms with van der Waals surface area (Å²) in [6, 6.07) is 9.32. The molecule has 130 valence electrons. The van der Waals surface area contributed by atoms with Gasteiger partial charge in [-0.2, -0.15) is 8.78 Å². The van der Waals surface area contributed by atoms with Gasteiger partial charge in [-0.15, -0.1) is 0 Å². The van der Waals surface area contributed by atoms with E-state index in [4.69, 9.17) is 14.2 Å². The van der Waals surface area contributed by atoms with Crippen molar-refractivity contribution < 1.29 is 32.5 Å². The highest BCUT2D eigenvalue weighted by Gasteiger charge is 2.15. The SMILES string of the molecule is COc1cc(/C=C/C(=O)c2ccc3c(c2)OCO3)ccc1OC(F)F. The summed E-state index contributed by atoms with van der Waals surface area (Å²) >= 11 is 0. The molecule has 25 heavy (non-hydrogen) atoms. The number of halogens is 2. The predicted molar refractivity (Wildman–Crippen MR) is 85.6 cm³/mol. The number of ketones is 1. The summed E-state index contributed by atoms with van der Waals surface area (Å²) in [7, 11) is 1.35. The topological polar surface area (TPSA) is 54.0 Å². The maximum absolute atomic E-state index is 12.3. The van der Waals surface area contributed by atoms with Gasteiger partial charge < -0.3 is 18.9 Å². The Morgan fingerprint density at radius 3 is 2.68 bits per heavy atom. The Morgan fingerprint density at radius 2 is 1.92 bits per heavy atom. The van der Waals surface area contributed by atoms with Crippen LogP contribution in [-0.4, -0.2) is 26.3 Å². The fourth-order valence-corrected chi connectivity index (χ4v) is 2.30. The minimum Gasteiger partial charge on any atom is -0.493 e. The van der Waals surface area contributed by atoms with E-state index in [-0.39, 0.29) is 24.1 Å². The second-order valence-corrected chi connectivity index (χ2v) is 5.05. The van der Waals surface area contributed by atoms with Crippen molar-refractivity contribution in [1.82, 2.24) is 0 Å². The molecule has 2 aromatic carbocycles. The summed E-state index contributed by atoms with van der Waals surface area (Å²) in [5.41, 5.74) is 1.05. The van der Waals surface area contributed by atoms with Gasteiger partial charge in [-0.25, -0.2) is 0 Å². The van der Waals surface area contributed by atoms with Crippen LogP contribution in [0.1, 0.15) is 15.9 Å². The maximum atomic E-state index is 12.3. The number of alkyl halides is 2. The zero-order valence-electron chi connectivity index (χ0n) is 13.2. The van der Waals surface area contributed by atoms with Crippen LogP contribution in [0.2, 0.25) is 0 Å². The van der Waals surface area contributed by atoms with Crippen molar-refractivity contribution in [3.8, 4) is 23.0 Å². The third-order valence-electron chi connectivity index (χ3n) is 3.49. The molecule has 0 unspecified atom stereocenters. The lowest BCUT2D eigenvalue weighted by molar-refractivity contribution is -0.0512.